The second kappa shape index (κ2) is 2.88. The van der Waals surface area contributed by atoms with E-state index >= 15 is 0 Å². The first-order valence-corrected chi connectivity index (χ1v) is 4.72. The van der Waals surface area contributed by atoms with Crippen molar-refractivity contribution in [2.24, 2.45) is 5.92 Å². The lowest BCUT2D eigenvalue weighted by atomic mass is 10.0. The highest BCUT2D eigenvalue weighted by molar-refractivity contribution is 4.99. The largest absolute Gasteiger partial charge is 0.315 e. The van der Waals surface area contributed by atoms with Crippen molar-refractivity contribution in [2.75, 3.05) is 0 Å². The van der Waals surface area contributed by atoms with E-state index in [2.05, 4.69) is 28.6 Å². The zero-order chi connectivity index (χ0) is 8.55. The van der Waals surface area contributed by atoms with Gasteiger partial charge in [0.1, 0.15) is 11.6 Å². The Kier molecular flexibility index (Phi) is 1.87. The zero-order valence-electron chi connectivity index (χ0n) is 7.75. The first-order chi connectivity index (χ1) is 5.81. The molecule has 2 rings (SSSR count). The van der Waals surface area contributed by atoms with Crippen LogP contribution < -0.4 is 0 Å². The molecule has 3 heteroatoms. The summed E-state index contributed by atoms with van der Waals surface area (Å²) in [7, 11) is 0. The second-order valence-electron chi connectivity index (χ2n) is 3.64. The van der Waals surface area contributed by atoms with Gasteiger partial charge in [-0.15, -0.1) is 10.2 Å². The van der Waals surface area contributed by atoms with Crippen LogP contribution in [-0.2, 0) is 19.4 Å². The van der Waals surface area contributed by atoms with Crippen molar-refractivity contribution < 1.29 is 0 Å². The fourth-order valence-corrected chi connectivity index (χ4v) is 1.81. The average Bonchev–Trinajstić information content (AvgIpc) is 2.46. The van der Waals surface area contributed by atoms with Gasteiger partial charge in [-0.3, -0.25) is 0 Å². The molecule has 2 heterocycles. The van der Waals surface area contributed by atoms with E-state index in [1.807, 2.05) is 0 Å². The molecule has 1 aliphatic rings. The minimum atomic E-state index is 0.791. The zero-order valence-corrected chi connectivity index (χ0v) is 7.75. The summed E-state index contributed by atoms with van der Waals surface area (Å²) >= 11 is 0. The van der Waals surface area contributed by atoms with Crippen molar-refractivity contribution in [1.29, 1.82) is 0 Å². The van der Waals surface area contributed by atoms with Crippen molar-refractivity contribution >= 4 is 0 Å². The van der Waals surface area contributed by atoms with E-state index in [1.165, 1.54) is 12.2 Å². The molecule has 3 nitrogen and oxygen atoms in total. The molecule has 0 spiro atoms. The van der Waals surface area contributed by atoms with Crippen LogP contribution in [0.15, 0.2) is 0 Å². The third-order valence-corrected chi connectivity index (χ3v) is 2.58. The van der Waals surface area contributed by atoms with E-state index in [9.17, 15) is 0 Å². The van der Waals surface area contributed by atoms with Crippen LogP contribution in [0.25, 0.3) is 0 Å². The summed E-state index contributed by atoms with van der Waals surface area (Å²) in [4.78, 5) is 0. The highest BCUT2D eigenvalue weighted by atomic mass is 15.3. The molecule has 1 aromatic rings. The SMILES string of the molecule is CCc1nnc2n1CC(C)CC2. The number of aryl methyl sites for hydroxylation is 2. The van der Waals surface area contributed by atoms with Crippen LogP contribution in [0.4, 0.5) is 0 Å². The summed E-state index contributed by atoms with van der Waals surface area (Å²) < 4.78 is 2.29. The molecule has 1 atom stereocenters. The van der Waals surface area contributed by atoms with E-state index in [0.717, 1.165) is 31.1 Å². The minimum absolute atomic E-state index is 0.791. The van der Waals surface area contributed by atoms with Gasteiger partial charge < -0.3 is 4.57 Å². The molecule has 0 aliphatic carbocycles. The number of aromatic nitrogens is 3. The Morgan fingerprint density at radius 2 is 2.33 bits per heavy atom. The van der Waals surface area contributed by atoms with Crippen molar-refractivity contribution in [3.8, 4) is 0 Å². The van der Waals surface area contributed by atoms with Crippen molar-refractivity contribution in [3.05, 3.63) is 11.6 Å². The van der Waals surface area contributed by atoms with Crippen LogP contribution in [0, 0.1) is 5.92 Å². The van der Waals surface area contributed by atoms with Gasteiger partial charge in [0, 0.05) is 19.4 Å². The fraction of sp³-hybridized carbons (Fsp3) is 0.778. The summed E-state index contributed by atoms with van der Waals surface area (Å²) in [6.45, 7) is 5.55. The average molecular weight is 165 g/mol. The lowest BCUT2D eigenvalue weighted by Gasteiger charge is -2.20. The smallest absolute Gasteiger partial charge is 0.133 e. The Hall–Kier alpha value is -0.860. The highest BCUT2D eigenvalue weighted by Gasteiger charge is 2.18. The Bertz CT molecular complexity index is 264. The Morgan fingerprint density at radius 1 is 1.50 bits per heavy atom. The van der Waals surface area contributed by atoms with E-state index in [4.69, 9.17) is 0 Å². The van der Waals surface area contributed by atoms with Crippen LogP contribution in [0.5, 0.6) is 0 Å². The van der Waals surface area contributed by atoms with E-state index in [0.29, 0.717) is 0 Å². The van der Waals surface area contributed by atoms with Gasteiger partial charge in [-0.25, -0.2) is 0 Å². The molecule has 1 unspecified atom stereocenters. The predicted molar refractivity (Wildman–Crippen MR) is 46.9 cm³/mol. The molecular weight excluding hydrogens is 150 g/mol. The summed E-state index contributed by atoms with van der Waals surface area (Å²) in [5, 5.41) is 8.34. The van der Waals surface area contributed by atoms with Gasteiger partial charge >= 0.3 is 0 Å². The Labute approximate surface area is 72.8 Å². The number of nitrogens with zero attached hydrogens (tertiary/aromatic N) is 3. The van der Waals surface area contributed by atoms with Crippen molar-refractivity contribution in [1.82, 2.24) is 14.8 Å². The maximum absolute atomic E-state index is 4.17. The minimum Gasteiger partial charge on any atom is -0.315 e. The molecule has 0 radical (unpaired) electrons. The highest BCUT2D eigenvalue weighted by Crippen LogP contribution is 2.19. The van der Waals surface area contributed by atoms with Gasteiger partial charge in [-0.2, -0.15) is 0 Å². The van der Waals surface area contributed by atoms with Crippen LogP contribution in [0.3, 0.4) is 0 Å². The summed E-state index contributed by atoms with van der Waals surface area (Å²) in [6.07, 6.45) is 3.37. The third-order valence-electron chi connectivity index (χ3n) is 2.58. The second-order valence-corrected chi connectivity index (χ2v) is 3.64. The molecule has 1 aromatic heterocycles. The van der Waals surface area contributed by atoms with Gasteiger partial charge in [-0.05, 0) is 12.3 Å². The lowest BCUT2D eigenvalue weighted by molar-refractivity contribution is 0.387. The van der Waals surface area contributed by atoms with Crippen molar-refractivity contribution in [2.45, 2.75) is 39.7 Å². The number of hydrogen-bond acceptors (Lipinski definition) is 2. The van der Waals surface area contributed by atoms with Gasteiger partial charge in [-0.1, -0.05) is 13.8 Å². The number of fused-ring (bicyclic) bond motifs is 1. The van der Waals surface area contributed by atoms with Crippen LogP contribution in [0.1, 0.15) is 31.9 Å². The van der Waals surface area contributed by atoms with E-state index in [-0.39, 0.29) is 0 Å². The number of rotatable bonds is 1. The molecule has 0 saturated carbocycles. The molecule has 1 aliphatic heterocycles. The lowest BCUT2D eigenvalue weighted by Crippen LogP contribution is -2.19. The van der Waals surface area contributed by atoms with Gasteiger partial charge in [0.25, 0.3) is 0 Å². The molecule has 0 bridgehead atoms. The molecule has 0 aromatic carbocycles. The molecule has 66 valence electrons. The maximum Gasteiger partial charge on any atom is 0.133 e. The van der Waals surface area contributed by atoms with Gasteiger partial charge in [0.05, 0.1) is 0 Å². The van der Waals surface area contributed by atoms with Crippen LogP contribution in [-0.4, -0.2) is 14.8 Å². The summed E-state index contributed by atoms with van der Waals surface area (Å²) in [6, 6.07) is 0. The monoisotopic (exact) mass is 165 g/mol. The third kappa shape index (κ3) is 1.13. The first kappa shape index (κ1) is 7.77. The van der Waals surface area contributed by atoms with Crippen molar-refractivity contribution in [3.63, 3.8) is 0 Å². The molecule has 12 heavy (non-hydrogen) atoms. The van der Waals surface area contributed by atoms with Crippen LogP contribution >= 0.6 is 0 Å². The molecule has 0 fully saturated rings. The van der Waals surface area contributed by atoms with Gasteiger partial charge in [0.15, 0.2) is 0 Å². The molecule has 0 amide bonds. The number of hydrogen-bond donors (Lipinski definition) is 0. The maximum atomic E-state index is 4.17. The normalized spacial score (nSPS) is 22.3. The molecule has 0 saturated heterocycles. The summed E-state index contributed by atoms with van der Waals surface area (Å²) in [5.74, 6) is 3.13. The Morgan fingerprint density at radius 3 is 3.08 bits per heavy atom. The molecular formula is C9H15N3. The topological polar surface area (TPSA) is 30.7 Å². The van der Waals surface area contributed by atoms with E-state index < -0.39 is 0 Å². The Balaban J connectivity index is 2.34. The summed E-state index contributed by atoms with van der Waals surface area (Å²) in [5.41, 5.74) is 0. The quantitative estimate of drug-likeness (QED) is 0.630. The van der Waals surface area contributed by atoms with Gasteiger partial charge in [0.2, 0.25) is 0 Å². The first-order valence-electron chi connectivity index (χ1n) is 4.72. The fourth-order valence-electron chi connectivity index (χ4n) is 1.81. The van der Waals surface area contributed by atoms with E-state index in [1.54, 1.807) is 0 Å². The van der Waals surface area contributed by atoms with Crippen LogP contribution in [0.2, 0.25) is 0 Å². The standard InChI is InChI=1S/C9H15N3/c1-3-8-10-11-9-5-4-7(2)6-12(8)9/h7H,3-6H2,1-2H3. The molecule has 0 N–H and O–H groups in total. The predicted octanol–water partition coefficient (Wildman–Crippen LogP) is 1.42.